The molecule has 0 amide bonds. The van der Waals surface area contributed by atoms with Crippen molar-refractivity contribution in [3.63, 3.8) is 0 Å². The SMILES string of the molecule is OC1C=C(CC2CCCC2(F)F)CNC1. The van der Waals surface area contributed by atoms with Crippen LogP contribution in [-0.4, -0.2) is 30.2 Å². The minimum Gasteiger partial charge on any atom is -0.388 e. The summed E-state index contributed by atoms with van der Waals surface area (Å²) in [5.41, 5.74) is 0.931. The predicted octanol–water partition coefficient (Wildman–Crippen LogP) is 1.70. The van der Waals surface area contributed by atoms with Crippen molar-refractivity contribution in [3.05, 3.63) is 11.6 Å². The van der Waals surface area contributed by atoms with Crippen LogP contribution in [0.15, 0.2) is 11.6 Å². The van der Waals surface area contributed by atoms with Gasteiger partial charge in [-0.3, -0.25) is 0 Å². The second-order valence-corrected chi connectivity index (χ2v) is 4.58. The largest absolute Gasteiger partial charge is 0.388 e. The monoisotopic (exact) mass is 217 g/mol. The van der Waals surface area contributed by atoms with Gasteiger partial charge in [-0.1, -0.05) is 11.6 Å². The molecule has 0 spiro atoms. The second-order valence-electron chi connectivity index (χ2n) is 4.58. The summed E-state index contributed by atoms with van der Waals surface area (Å²) >= 11 is 0. The molecule has 1 aliphatic carbocycles. The molecule has 2 unspecified atom stereocenters. The van der Waals surface area contributed by atoms with Crippen LogP contribution in [0, 0.1) is 5.92 Å². The van der Waals surface area contributed by atoms with E-state index in [4.69, 9.17) is 0 Å². The van der Waals surface area contributed by atoms with Crippen LogP contribution in [0.25, 0.3) is 0 Å². The van der Waals surface area contributed by atoms with Crippen LogP contribution in [0.1, 0.15) is 25.7 Å². The summed E-state index contributed by atoms with van der Waals surface area (Å²) in [6, 6.07) is 0. The average molecular weight is 217 g/mol. The van der Waals surface area contributed by atoms with Gasteiger partial charge in [-0.15, -0.1) is 0 Å². The molecule has 2 atom stereocenters. The summed E-state index contributed by atoms with van der Waals surface area (Å²) in [6.45, 7) is 1.17. The highest BCUT2D eigenvalue weighted by Gasteiger charge is 2.43. The number of nitrogens with one attached hydrogen (secondary N) is 1. The van der Waals surface area contributed by atoms with Gasteiger partial charge in [0, 0.05) is 25.4 Å². The Balaban J connectivity index is 1.96. The van der Waals surface area contributed by atoms with E-state index in [0.717, 1.165) is 5.57 Å². The van der Waals surface area contributed by atoms with E-state index in [9.17, 15) is 13.9 Å². The van der Waals surface area contributed by atoms with Crippen molar-refractivity contribution < 1.29 is 13.9 Å². The molecule has 1 aliphatic heterocycles. The molecule has 0 bridgehead atoms. The van der Waals surface area contributed by atoms with Gasteiger partial charge in [0.1, 0.15) is 0 Å². The van der Waals surface area contributed by atoms with Gasteiger partial charge in [-0.05, 0) is 19.3 Å². The van der Waals surface area contributed by atoms with Gasteiger partial charge in [0.15, 0.2) is 0 Å². The number of halogens is 2. The van der Waals surface area contributed by atoms with E-state index in [1.807, 2.05) is 0 Å². The summed E-state index contributed by atoms with van der Waals surface area (Å²) in [5, 5.41) is 12.4. The lowest BCUT2D eigenvalue weighted by atomic mass is 9.93. The molecular weight excluding hydrogens is 200 g/mol. The van der Waals surface area contributed by atoms with Crippen molar-refractivity contribution in [1.82, 2.24) is 5.32 Å². The number of hydrogen-bond donors (Lipinski definition) is 2. The van der Waals surface area contributed by atoms with E-state index < -0.39 is 17.9 Å². The van der Waals surface area contributed by atoms with Crippen LogP contribution in [0.2, 0.25) is 0 Å². The van der Waals surface area contributed by atoms with Gasteiger partial charge in [-0.2, -0.15) is 0 Å². The van der Waals surface area contributed by atoms with Crippen LogP contribution in [0.4, 0.5) is 8.78 Å². The summed E-state index contributed by atoms with van der Waals surface area (Å²) in [7, 11) is 0. The summed E-state index contributed by atoms with van der Waals surface area (Å²) in [5.74, 6) is -3.01. The highest BCUT2D eigenvalue weighted by atomic mass is 19.3. The van der Waals surface area contributed by atoms with Crippen molar-refractivity contribution in [1.29, 1.82) is 0 Å². The Morgan fingerprint density at radius 1 is 1.53 bits per heavy atom. The number of rotatable bonds is 2. The topological polar surface area (TPSA) is 32.3 Å². The van der Waals surface area contributed by atoms with Gasteiger partial charge in [-0.25, -0.2) is 8.78 Å². The van der Waals surface area contributed by atoms with E-state index in [2.05, 4.69) is 5.32 Å². The second kappa shape index (κ2) is 4.18. The Kier molecular flexibility index (Phi) is 3.07. The minimum absolute atomic E-state index is 0.0287. The van der Waals surface area contributed by atoms with Crippen molar-refractivity contribution in [3.8, 4) is 0 Å². The van der Waals surface area contributed by atoms with Crippen LogP contribution in [0.5, 0.6) is 0 Å². The molecule has 2 rings (SSSR count). The molecule has 2 aliphatic rings. The Morgan fingerprint density at radius 3 is 2.93 bits per heavy atom. The van der Waals surface area contributed by atoms with Gasteiger partial charge in [0.25, 0.3) is 5.92 Å². The summed E-state index contributed by atoms with van der Waals surface area (Å²) in [4.78, 5) is 0. The Labute approximate surface area is 88.4 Å². The van der Waals surface area contributed by atoms with Crippen LogP contribution in [0.3, 0.4) is 0 Å². The summed E-state index contributed by atoms with van der Waals surface area (Å²) < 4.78 is 26.7. The standard InChI is InChI=1S/C11H17F2NO/c12-11(13)3-1-2-9(11)4-8-5-10(15)7-14-6-8/h5,9-10,14-15H,1-4,6-7H2. The fraction of sp³-hybridized carbons (Fsp3) is 0.818. The quantitative estimate of drug-likeness (QED) is 0.690. The fourth-order valence-electron chi connectivity index (χ4n) is 2.48. The maximum atomic E-state index is 13.4. The molecule has 0 aromatic carbocycles. The van der Waals surface area contributed by atoms with Gasteiger partial charge in [0.2, 0.25) is 0 Å². The molecule has 1 saturated carbocycles. The molecule has 0 aromatic rings. The Hall–Kier alpha value is -0.480. The van der Waals surface area contributed by atoms with Crippen molar-refractivity contribution in [2.24, 2.45) is 5.92 Å². The number of aliphatic hydroxyl groups excluding tert-OH is 1. The van der Waals surface area contributed by atoms with E-state index in [1.54, 1.807) is 6.08 Å². The number of alkyl halides is 2. The summed E-state index contributed by atoms with van der Waals surface area (Å²) in [6.07, 6.45) is 2.91. The zero-order chi connectivity index (χ0) is 10.9. The number of aliphatic hydroxyl groups is 1. The molecule has 86 valence electrons. The van der Waals surface area contributed by atoms with Crippen molar-refractivity contribution >= 4 is 0 Å². The molecule has 2 nitrogen and oxygen atoms in total. The lowest BCUT2D eigenvalue weighted by Crippen LogP contribution is -2.34. The third kappa shape index (κ3) is 2.55. The minimum atomic E-state index is -2.50. The molecule has 1 heterocycles. The first-order valence-corrected chi connectivity index (χ1v) is 5.54. The highest BCUT2D eigenvalue weighted by Crippen LogP contribution is 2.43. The van der Waals surface area contributed by atoms with Crippen LogP contribution >= 0.6 is 0 Å². The first-order chi connectivity index (χ1) is 7.08. The molecular formula is C11H17F2NO. The maximum Gasteiger partial charge on any atom is 0.251 e. The molecule has 4 heteroatoms. The van der Waals surface area contributed by atoms with E-state index in [-0.39, 0.29) is 6.42 Å². The van der Waals surface area contributed by atoms with Gasteiger partial charge >= 0.3 is 0 Å². The third-order valence-electron chi connectivity index (χ3n) is 3.30. The zero-order valence-electron chi connectivity index (χ0n) is 8.68. The van der Waals surface area contributed by atoms with Crippen LogP contribution in [-0.2, 0) is 0 Å². The first kappa shape index (κ1) is 11.0. The lowest BCUT2D eigenvalue weighted by molar-refractivity contribution is -0.0366. The van der Waals surface area contributed by atoms with Crippen LogP contribution < -0.4 is 5.32 Å². The smallest absolute Gasteiger partial charge is 0.251 e. The van der Waals surface area contributed by atoms with Gasteiger partial charge in [0.05, 0.1) is 6.10 Å². The molecule has 0 radical (unpaired) electrons. The van der Waals surface area contributed by atoms with E-state index in [1.165, 1.54) is 0 Å². The predicted molar refractivity (Wildman–Crippen MR) is 53.9 cm³/mol. The number of β-amino-alcohol motifs (C(OH)–C–C–N with tert-alkyl or cyclic N) is 1. The fourth-order valence-corrected chi connectivity index (χ4v) is 2.48. The molecule has 0 aromatic heterocycles. The average Bonchev–Trinajstić information content (AvgIpc) is 2.46. The van der Waals surface area contributed by atoms with E-state index >= 15 is 0 Å². The maximum absolute atomic E-state index is 13.4. The number of hydrogen-bond acceptors (Lipinski definition) is 2. The Bertz CT molecular complexity index is 265. The first-order valence-electron chi connectivity index (χ1n) is 5.54. The zero-order valence-corrected chi connectivity index (χ0v) is 8.68. The van der Waals surface area contributed by atoms with E-state index in [0.29, 0.717) is 32.4 Å². The third-order valence-corrected chi connectivity index (χ3v) is 3.30. The molecule has 2 N–H and O–H groups in total. The Morgan fingerprint density at radius 2 is 2.33 bits per heavy atom. The molecule has 15 heavy (non-hydrogen) atoms. The molecule has 1 fully saturated rings. The normalized spacial score (nSPS) is 35.3. The van der Waals surface area contributed by atoms with Gasteiger partial charge < -0.3 is 10.4 Å². The lowest BCUT2D eigenvalue weighted by Gasteiger charge is -2.24. The van der Waals surface area contributed by atoms with Crippen molar-refractivity contribution in [2.45, 2.75) is 37.7 Å². The highest BCUT2D eigenvalue weighted by molar-refractivity contribution is 5.13. The molecule has 0 saturated heterocycles. The van der Waals surface area contributed by atoms with Crippen molar-refractivity contribution in [2.75, 3.05) is 13.1 Å².